The van der Waals surface area contributed by atoms with Gasteiger partial charge in [-0.3, -0.25) is 0 Å². The van der Waals surface area contributed by atoms with Crippen molar-refractivity contribution >= 4 is 11.3 Å². The maximum atomic E-state index is 10.2. The molecule has 1 N–H and O–H groups in total. The summed E-state index contributed by atoms with van der Waals surface area (Å²) in [6.45, 7) is 6.06. The molecule has 1 unspecified atom stereocenters. The Morgan fingerprint density at radius 1 is 1.47 bits per heavy atom. The van der Waals surface area contributed by atoms with Crippen LogP contribution in [0.5, 0.6) is 0 Å². The van der Waals surface area contributed by atoms with E-state index >= 15 is 0 Å². The van der Waals surface area contributed by atoms with E-state index in [9.17, 15) is 5.11 Å². The second-order valence-corrected chi connectivity index (χ2v) is 6.36. The topological polar surface area (TPSA) is 33.1 Å². The van der Waals surface area contributed by atoms with Crippen LogP contribution in [0, 0.1) is 19.8 Å². The first-order chi connectivity index (χ1) is 6.96. The van der Waals surface area contributed by atoms with Gasteiger partial charge in [-0.25, -0.2) is 4.98 Å². The molecule has 2 rings (SSSR count). The standard InChI is InChI=1S/C12H19NOS/c1-8-9(2)15-11(13-8)7-12(3,14)6-10-4-5-10/h10,14H,4-7H2,1-3H3. The normalized spacial score (nSPS) is 20.3. The molecule has 1 heterocycles. The first-order valence-electron chi connectivity index (χ1n) is 5.61. The van der Waals surface area contributed by atoms with Crippen LogP contribution < -0.4 is 0 Å². The predicted octanol–water partition coefficient (Wildman–Crippen LogP) is 2.85. The lowest BCUT2D eigenvalue weighted by atomic mass is 9.96. The third-order valence-corrected chi connectivity index (χ3v) is 4.10. The number of aliphatic hydroxyl groups is 1. The molecule has 0 bridgehead atoms. The number of hydrogen-bond donors (Lipinski definition) is 1. The quantitative estimate of drug-likeness (QED) is 0.854. The van der Waals surface area contributed by atoms with Crippen molar-refractivity contribution in [3.63, 3.8) is 0 Å². The van der Waals surface area contributed by atoms with Gasteiger partial charge in [0.05, 0.1) is 16.3 Å². The monoisotopic (exact) mass is 225 g/mol. The third kappa shape index (κ3) is 3.02. The van der Waals surface area contributed by atoms with Crippen molar-refractivity contribution in [3.8, 4) is 0 Å². The van der Waals surface area contributed by atoms with Crippen molar-refractivity contribution in [3.05, 3.63) is 15.6 Å². The molecule has 0 spiro atoms. The Balaban J connectivity index is 1.99. The molecule has 3 heteroatoms. The minimum absolute atomic E-state index is 0.558. The summed E-state index contributed by atoms with van der Waals surface area (Å²) in [7, 11) is 0. The summed E-state index contributed by atoms with van der Waals surface area (Å²) in [6, 6.07) is 0. The zero-order valence-electron chi connectivity index (χ0n) is 9.71. The molecule has 0 saturated heterocycles. The van der Waals surface area contributed by atoms with Crippen LogP contribution in [0.25, 0.3) is 0 Å². The number of hydrogen-bond acceptors (Lipinski definition) is 3. The molecule has 0 amide bonds. The fraction of sp³-hybridized carbons (Fsp3) is 0.750. The van der Waals surface area contributed by atoms with E-state index in [1.165, 1.54) is 17.7 Å². The number of nitrogens with zero attached hydrogens (tertiary/aromatic N) is 1. The number of aryl methyl sites for hydroxylation is 2. The summed E-state index contributed by atoms with van der Waals surface area (Å²) in [5.41, 5.74) is 0.551. The molecule has 0 aromatic carbocycles. The lowest BCUT2D eigenvalue weighted by molar-refractivity contribution is 0.0454. The minimum atomic E-state index is -0.558. The van der Waals surface area contributed by atoms with Crippen molar-refractivity contribution in [1.29, 1.82) is 0 Å². The molecule has 1 atom stereocenters. The van der Waals surface area contributed by atoms with Crippen LogP contribution in [0.15, 0.2) is 0 Å². The summed E-state index contributed by atoms with van der Waals surface area (Å²) in [5, 5.41) is 11.3. The van der Waals surface area contributed by atoms with Crippen LogP contribution >= 0.6 is 11.3 Å². The van der Waals surface area contributed by atoms with Gasteiger partial charge in [0, 0.05) is 11.3 Å². The van der Waals surface area contributed by atoms with Crippen molar-refractivity contribution in [2.75, 3.05) is 0 Å². The summed E-state index contributed by atoms with van der Waals surface area (Å²) < 4.78 is 0. The van der Waals surface area contributed by atoms with Crippen molar-refractivity contribution < 1.29 is 5.11 Å². The fourth-order valence-electron chi connectivity index (χ4n) is 1.96. The zero-order chi connectivity index (χ0) is 11.1. The zero-order valence-corrected chi connectivity index (χ0v) is 10.5. The van der Waals surface area contributed by atoms with Crippen molar-refractivity contribution in [2.24, 2.45) is 5.92 Å². The number of rotatable bonds is 4. The van der Waals surface area contributed by atoms with Gasteiger partial charge in [-0.15, -0.1) is 11.3 Å². The van der Waals surface area contributed by atoms with Gasteiger partial charge in [0.1, 0.15) is 0 Å². The van der Waals surface area contributed by atoms with E-state index in [0.29, 0.717) is 6.42 Å². The van der Waals surface area contributed by atoms with Crippen LogP contribution in [-0.4, -0.2) is 15.7 Å². The molecule has 1 aliphatic carbocycles. The lowest BCUT2D eigenvalue weighted by Gasteiger charge is -2.21. The van der Waals surface area contributed by atoms with Gasteiger partial charge in [-0.05, 0) is 33.1 Å². The van der Waals surface area contributed by atoms with Crippen LogP contribution in [0.4, 0.5) is 0 Å². The molecule has 1 fully saturated rings. The van der Waals surface area contributed by atoms with E-state index < -0.39 is 5.60 Å². The highest BCUT2D eigenvalue weighted by Crippen LogP contribution is 2.38. The summed E-state index contributed by atoms with van der Waals surface area (Å²) >= 11 is 1.72. The Labute approximate surface area is 95.4 Å². The molecule has 84 valence electrons. The van der Waals surface area contributed by atoms with Gasteiger partial charge in [-0.1, -0.05) is 12.8 Å². The van der Waals surface area contributed by atoms with Crippen molar-refractivity contribution in [1.82, 2.24) is 4.98 Å². The van der Waals surface area contributed by atoms with Crippen LogP contribution in [-0.2, 0) is 6.42 Å². The van der Waals surface area contributed by atoms with Gasteiger partial charge in [0.15, 0.2) is 0 Å². The van der Waals surface area contributed by atoms with Gasteiger partial charge in [0.2, 0.25) is 0 Å². The second kappa shape index (κ2) is 3.87. The van der Waals surface area contributed by atoms with E-state index in [-0.39, 0.29) is 0 Å². The fourth-order valence-corrected chi connectivity index (χ4v) is 3.07. The maximum Gasteiger partial charge on any atom is 0.0959 e. The summed E-state index contributed by atoms with van der Waals surface area (Å²) in [5.74, 6) is 0.766. The van der Waals surface area contributed by atoms with Crippen LogP contribution in [0.3, 0.4) is 0 Å². The summed E-state index contributed by atoms with van der Waals surface area (Å²) in [4.78, 5) is 5.75. The second-order valence-electron chi connectivity index (χ2n) is 5.07. The van der Waals surface area contributed by atoms with Crippen molar-refractivity contribution in [2.45, 2.75) is 52.1 Å². The minimum Gasteiger partial charge on any atom is -0.390 e. The Bertz CT molecular complexity index is 333. The van der Waals surface area contributed by atoms with E-state index in [4.69, 9.17) is 0 Å². The molecular weight excluding hydrogens is 206 g/mol. The SMILES string of the molecule is Cc1nc(CC(C)(O)CC2CC2)sc1C. The van der Waals surface area contributed by atoms with Gasteiger partial charge in [-0.2, -0.15) is 0 Å². The van der Waals surface area contributed by atoms with E-state index in [2.05, 4.69) is 11.9 Å². The molecule has 1 aromatic heterocycles. The maximum absolute atomic E-state index is 10.2. The largest absolute Gasteiger partial charge is 0.390 e. The first kappa shape index (κ1) is 11.1. The lowest BCUT2D eigenvalue weighted by Crippen LogP contribution is -2.27. The molecule has 2 nitrogen and oxygen atoms in total. The molecule has 1 saturated carbocycles. The number of thiazole rings is 1. The Morgan fingerprint density at radius 3 is 2.60 bits per heavy atom. The average molecular weight is 225 g/mol. The molecule has 0 aliphatic heterocycles. The highest BCUT2D eigenvalue weighted by atomic mass is 32.1. The van der Waals surface area contributed by atoms with E-state index in [1.807, 2.05) is 13.8 Å². The highest BCUT2D eigenvalue weighted by Gasteiger charge is 2.32. The molecule has 15 heavy (non-hydrogen) atoms. The molecule has 1 aliphatic rings. The van der Waals surface area contributed by atoms with Crippen LogP contribution in [0.1, 0.15) is 41.8 Å². The Morgan fingerprint density at radius 2 is 2.13 bits per heavy atom. The van der Waals surface area contributed by atoms with Gasteiger partial charge in [0.25, 0.3) is 0 Å². The smallest absolute Gasteiger partial charge is 0.0959 e. The van der Waals surface area contributed by atoms with Gasteiger partial charge >= 0.3 is 0 Å². The third-order valence-electron chi connectivity index (χ3n) is 3.03. The number of aromatic nitrogens is 1. The molecule has 0 radical (unpaired) electrons. The van der Waals surface area contributed by atoms with E-state index in [0.717, 1.165) is 23.0 Å². The van der Waals surface area contributed by atoms with E-state index in [1.54, 1.807) is 11.3 Å². The molecule has 1 aromatic rings. The Kier molecular flexibility index (Phi) is 2.86. The Hall–Kier alpha value is -0.410. The average Bonchev–Trinajstić information content (AvgIpc) is 2.80. The molecular formula is C12H19NOS. The van der Waals surface area contributed by atoms with Gasteiger partial charge < -0.3 is 5.11 Å². The predicted molar refractivity (Wildman–Crippen MR) is 63.3 cm³/mol. The highest BCUT2D eigenvalue weighted by molar-refractivity contribution is 7.11. The van der Waals surface area contributed by atoms with Crippen LogP contribution in [0.2, 0.25) is 0 Å². The first-order valence-corrected chi connectivity index (χ1v) is 6.43. The summed E-state index contributed by atoms with van der Waals surface area (Å²) in [6.07, 6.45) is 4.24.